The van der Waals surface area contributed by atoms with Gasteiger partial charge in [0.15, 0.2) is 12.2 Å². The van der Waals surface area contributed by atoms with Crippen molar-refractivity contribution in [1.29, 1.82) is 0 Å². The Kier molecular flexibility index (Phi) is 17.5. The van der Waals surface area contributed by atoms with E-state index in [1.165, 1.54) is 0 Å². The van der Waals surface area contributed by atoms with E-state index in [4.69, 9.17) is 4.74 Å². The van der Waals surface area contributed by atoms with Gasteiger partial charge in [0.05, 0.1) is 0 Å². The van der Waals surface area contributed by atoms with Gasteiger partial charge in [-0.2, -0.15) is 0 Å². The maximum Gasteiger partial charge on any atom is 0.252 e. The number of hydrogen-bond donors (Lipinski definition) is 8. The summed E-state index contributed by atoms with van der Waals surface area (Å²) in [5.74, 6) is -4.27. The summed E-state index contributed by atoms with van der Waals surface area (Å²) in [6.45, 7) is 7.61. The minimum Gasteiger partial charge on any atom is -0.387 e. The quantitative estimate of drug-likeness (QED) is 0.0652. The zero-order valence-corrected chi connectivity index (χ0v) is 35.9. The number of nitrogens with one attached hydrogen (secondary N) is 6. The molecule has 0 unspecified atom stereocenters. The molecule has 1 aliphatic rings. The first-order valence-electron chi connectivity index (χ1n) is 21.2. The predicted molar refractivity (Wildman–Crippen MR) is 238 cm³/mol. The molecule has 1 heterocycles. The van der Waals surface area contributed by atoms with Gasteiger partial charge < -0.3 is 46.9 Å². The van der Waals surface area contributed by atoms with Crippen LogP contribution in [0.4, 0.5) is 11.4 Å². The molecule has 0 spiro atoms. The molecule has 8 N–H and O–H groups in total. The monoisotopic (exact) mass is 862 g/mol. The van der Waals surface area contributed by atoms with Crippen LogP contribution in [0.25, 0.3) is 0 Å². The highest BCUT2D eigenvalue weighted by molar-refractivity contribution is 6.00. The van der Waals surface area contributed by atoms with Crippen molar-refractivity contribution < 1.29 is 43.7 Å². The Morgan fingerprint density at radius 1 is 0.460 bits per heavy atom. The fourth-order valence-corrected chi connectivity index (χ4v) is 7.19. The highest BCUT2D eigenvalue weighted by Gasteiger charge is 2.50. The molecule has 4 aromatic rings. The highest BCUT2D eigenvalue weighted by Crippen LogP contribution is 2.23. The lowest BCUT2D eigenvalue weighted by Gasteiger charge is -2.26. The fraction of sp³-hybridized carbons (Fsp3) is 0.375. The number of carbonyl (C=O) groups excluding carboxylic acids is 6. The van der Waals surface area contributed by atoms with Gasteiger partial charge in [-0.1, -0.05) is 125 Å². The van der Waals surface area contributed by atoms with Crippen molar-refractivity contribution in [3.63, 3.8) is 0 Å². The number of aliphatic hydroxyl groups excluding tert-OH is 2. The summed E-state index contributed by atoms with van der Waals surface area (Å²) in [6, 6.07) is 30.7. The third-order valence-corrected chi connectivity index (χ3v) is 10.4. The zero-order valence-electron chi connectivity index (χ0n) is 35.9. The van der Waals surface area contributed by atoms with Crippen LogP contribution in [0.15, 0.2) is 121 Å². The molecule has 1 aliphatic heterocycles. The smallest absolute Gasteiger partial charge is 0.252 e. The highest BCUT2D eigenvalue weighted by atomic mass is 16.6. The molecule has 0 aliphatic carbocycles. The average molecular weight is 863 g/mol. The van der Waals surface area contributed by atoms with Crippen LogP contribution in [-0.2, 0) is 46.3 Å². The van der Waals surface area contributed by atoms with E-state index in [0.29, 0.717) is 22.5 Å². The molecule has 0 saturated carbocycles. The Hall–Kier alpha value is -6.42. The number of para-hydroxylation sites is 2. The zero-order chi connectivity index (χ0) is 45.5. The van der Waals surface area contributed by atoms with E-state index in [1.807, 2.05) is 27.7 Å². The second-order valence-corrected chi connectivity index (χ2v) is 16.6. The van der Waals surface area contributed by atoms with E-state index in [0.717, 1.165) is 0 Å². The molecule has 63 heavy (non-hydrogen) atoms. The van der Waals surface area contributed by atoms with Crippen molar-refractivity contribution in [2.24, 2.45) is 11.8 Å². The van der Waals surface area contributed by atoms with Crippen LogP contribution in [-0.4, -0.2) is 94.2 Å². The van der Waals surface area contributed by atoms with E-state index in [1.54, 1.807) is 121 Å². The molecule has 334 valence electrons. The summed E-state index contributed by atoms with van der Waals surface area (Å²) >= 11 is 0. The number of amides is 6. The van der Waals surface area contributed by atoms with Gasteiger partial charge in [0.25, 0.3) is 11.8 Å². The van der Waals surface area contributed by atoms with Crippen molar-refractivity contribution in [2.45, 2.75) is 102 Å². The van der Waals surface area contributed by atoms with E-state index < -0.39 is 84.0 Å². The van der Waals surface area contributed by atoms with E-state index in [-0.39, 0.29) is 37.5 Å². The number of benzene rings is 4. The van der Waals surface area contributed by atoms with Crippen LogP contribution < -0.4 is 31.9 Å². The largest absolute Gasteiger partial charge is 0.387 e. The Morgan fingerprint density at radius 3 is 1.10 bits per heavy atom. The normalized spacial score (nSPS) is 18.9. The number of rotatable bonds is 20. The van der Waals surface area contributed by atoms with Gasteiger partial charge in [0, 0.05) is 24.2 Å². The first-order valence-corrected chi connectivity index (χ1v) is 21.2. The van der Waals surface area contributed by atoms with Crippen molar-refractivity contribution in [2.75, 3.05) is 10.6 Å². The van der Waals surface area contributed by atoms with Crippen LogP contribution in [0.5, 0.6) is 0 Å². The Balaban J connectivity index is 1.31. The molecule has 4 aromatic carbocycles. The van der Waals surface area contributed by atoms with E-state index in [9.17, 15) is 39.0 Å². The number of aliphatic hydroxyl groups is 2. The third kappa shape index (κ3) is 14.3. The molecule has 1 saturated heterocycles. The first kappa shape index (κ1) is 47.6. The van der Waals surface area contributed by atoms with Gasteiger partial charge in [0.1, 0.15) is 36.4 Å². The van der Waals surface area contributed by atoms with Crippen LogP contribution in [0.3, 0.4) is 0 Å². The Labute approximate surface area is 367 Å². The lowest BCUT2D eigenvalue weighted by Crippen LogP contribution is -2.56. The molecular weight excluding hydrogens is 805 g/mol. The van der Waals surface area contributed by atoms with Gasteiger partial charge in [-0.3, -0.25) is 28.8 Å². The van der Waals surface area contributed by atoms with Crippen molar-refractivity contribution >= 4 is 46.8 Å². The van der Waals surface area contributed by atoms with E-state index in [2.05, 4.69) is 31.9 Å². The predicted octanol–water partition coefficient (Wildman–Crippen LogP) is 3.27. The molecule has 0 bridgehead atoms. The Bertz CT molecular complexity index is 1970. The van der Waals surface area contributed by atoms with Crippen molar-refractivity contribution in [3.8, 4) is 0 Å². The molecule has 1 fully saturated rings. The molecule has 0 aromatic heterocycles. The maximum absolute atomic E-state index is 14.0. The molecule has 0 radical (unpaired) electrons. The van der Waals surface area contributed by atoms with Crippen LogP contribution in [0.2, 0.25) is 0 Å². The van der Waals surface area contributed by atoms with Gasteiger partial charge in [-0.05, 0) is 60.1 Å². The number of carbonyl (C=O) groups is 6. The average Bonchev–Trinajstić information content (AvgIpc) is 3.56. The molecule has 15 nitrogen and oxygen atoms in total. The summed E-state index contributed by atoms with van der Waals surface area (Å²) in [5, 5.41) is 38.6. The lowest BCUT2D eigenvalue weighted by molar-refractivity contribution is -0.145. The summed E-state index contributed by atoms with van der Waals surface area (Å²) < 4.78 is 5.73. The summed E-state index contributed by atoms with van der Waals surface area (Å²) in [7, 11) is 0. The van der Waals surface area contributed by atoms with Crippen LogP contribution in [0.1, 0.15) is 51.7 Å². The molecule has 15 heteroatoms. The van der Waals surface area contributed by atoms with Crippen molar-refractivity contribution in [3.05, 3.63) is 132 Å². The molecular formula is C48H58N6O9. The fourth-order valence-electron chi connectivity index (χ4n) is 7.19. The number of ether oxygens (including phenoxy) is 1. The first-order chi connectivity index (χ1) is 30.2. The number of anilines is 2. The standard InChI is InChI=1S/C48H58N6O9/c1-29(2)25-35(43(57)49-33-21-13-7-14-22-33)51-45(59)37(27-31-17-9-5-10-18-31)53-47(61)41-39(55)40(56)42(63-41)48(62)54-38(28-32-19-11-6-12-20-32)46(60)52-36(26-30(3)4)44(58)50-34-23-15-8-16-24-34/h5-24,29-30,35-42,55-56H,25-28H2,1-4H3,(H,49,57)(H,50,58)(H,51,59)(H,52,60)(H,53,61)(H,54,62)/t35-,36-,37-,38-,39-,40-,41+,42+/m0/s1. The second kappa shape index (κ2) is 23.1. The lowest BCUT2D eigenvalue weighted by atomic mass is 10.00. The van der Waals surface area contributed by atoms with Gasteiger partial charge in [0.2, 0.25) is 23.6 Å². The SMILES string of the molecule is CC(C)C[C@H](NC(=O)[C@H](Cc1ccccc1)NC(=O)[C@@H]1O[C@@H](C(=O)N[C@@H](Cc2ccccc2)C(=O)N[C@@H](CC(C)C)C(=O)Nc2ccccc2)[C@@H](O)[C@@H]1O)C(=O)Nc1ccccc1. The second-order valence-electron chi connectivity index (χ2n) is 16.6. The van der Waals surface area contributed by atoms with E-state index >= 15 is 0 Å². The minimum atomic E-state index is -1.91. The summed E-state index contributed by atoms with van der Waals surface area (Å²) in [4.78, 5) is 82.6. The summed E-state index contributed by atoms with van der Waals surface area (Å²) in [6.07, 6.45) is -6.91. The van der Waals surface area contributed by atoms with Crippen LogP contribution in [0, 0.1) is 11.8 Å². The molecule has 8 atom stereocenters. The molecule has 6 amide bonds. The maximum atomic E-state index is 14.0. The third-order valence-electron chi connectivity index (χ3n) is 10.4. The molecule has 5 rings (SSSR count). The van der Waals surface area contributed by atoms with Crippen molar-refractivity contribution in [1.82, 2.24) is 21.3 Å². The van der Waals surface area contributed by atoms with Gasteiger partial charge >= 0.3 is 0 Å². The Morgan fingerprint density at radius 2 is 0.778 bits per heavy atom. The number of hydrogen-bond acceptors (Lipinski definition) is 9. The van der Waals surface area contributed by atoms with Crippen LogP contribution >= 0.6 is 0 Å². The van der Waals surface area contributed by atoms with Gasteiger partial charge in [-0.15, -0.1) is 0 Å². The minimum absolute atomic E-state index is 0.00422. The topological polar surface area (TPSA) is 224 Å². The summed E-state index contributed by atoms with van der Waals surface area (Å²) in [5.41, 5.74) is 2.43. The van der Waals surface area contributed by atoms with Gasteiger partial charge in [-0.25, -0.2) is 0 Å².